The van der Waals surface area contributed by atoms with Crippen LogP contribution in [-0.2, 0) is 11.3 Å². The summed E-state index contributed by atoms with van der Waals surface area (Å²) in [6, 6.07) is 17.1. The molecule has 0 saturated carbocycles. The maximum atomic E-state index is 12.7. The predicted octanol–water partition coefficient (Wildman–Crippen LogP) is 4.17. The van der Waals surface area contributed by atoms with Gasteiger partial charge in [-0.15, -0.1) is 0 Å². The van der Waals surface area contributed by atoms with E-state index in [0.717, 1.165) is 11.1 Å². The Morgan fingerprint density at radius 1 is 1.13 bits per heavy atom. The Morgan fingerprint density at radius 3 is 2.43 bits per heavy atom. The Bertz CT molecular complexity index is 643. The molecule has 0 heterocycles. The first-order valence-corrected chi connectivity index (χ1v) is 8.19. The van der Waals surface area contributed by atoms with Crippen molar-refractivity contribution in [1.29, 1.82) is 0 Å². The minimum atomic E-state index is -0.288. The van der Waals surface area contributed by atoms with Crippen molar-refractivity contribution in [3.63, 3.8) is 0 Å². The number of benzene rings is 2. The number of carbonyl (C=O) groups is 1. The molecule has 2 aromatic carbocycles. The summed E-state index contributed by atoms with van der Waals surface area (Å²) >= 11 is 6.03. The summed E-state index contributed by atoms with van der Waals surface area (Å²) in [5, 5.41) is 0.680. The first-order chi connectivity index (χ1) is 11.0. The Hall–Kier alpha value is -1.84. The molecule has 23 heavy (non-hydrogen) atoms. The van der Waals surface area contributed by atoms with Gasteiger partial charge in [0.05, 0.1) is 0 Å². The molecule has 2 rings (SSSR count). The molecule has 0 radical (unpaired) electrons. The minimum Gasteiger partial charge on any atom is -0.336 e. The van der Waals surface area contributed by atoms with E-state index in [2.05, 4.69) is 0 Å². The topological polar surface area (TPSA) is 46.3 Å². The van der Waals surface area contributed by atoms with Gasteiger partial charge in [0, 0.05) is 30.1 Å². The van der Waals surface area contributed by atoms with Crippen LogP contribution >= 0.6 is 11.6 Å². The van der Waals surface area contributed by atoms with Crippen molar-refractivity contribution >= 4 is 17.5 Å². The third-order valence-corrected chi connectivity index (χ3v) is 4.04. The Labute approximate surface area is 143 Å². The van der Waals surface area contributed by atoms with E-state index in [1.807, 2.05) is 73.3 Å². The number of hydrogen-bond acceptors (Lipinski definition) is 2. The molecule has 0 fully saturated rings. The van der Waals surface area contributed by atoms with Crippen LogP contribution in [0.4, 0.5) is 0 Å². The van der Waals surface area contributed by atoms with E-state index in [1.54, 1.807) is 0 Å². The molecule has 0 aliphatic heterocycles. The molecule has 0 spiro atoms. The average molecular weight is 331 g/mol. The van der Waals surface area contributed by atoms with Crippen LogP contribution in [0.5, 0.6) is 0 Å². The van der Waals surface area contributed by atoms with E-state index >= 15 is 0 Å². The molecule has 0 aromatic heterocycles. The number of nitrogens with two attached hydrogens (primary N) is 1. The fourth-order valence-electron chi connectivity index (χ4n) is 2.51. The summed E-state index contributed by atoms with van der Waals surface area (Å²) in [5.74, 6) is 0.0522. The van der Waals surface area contributed by atoms with Gasteiger partial charge in [-0.2, -0.15) is 0 Å². The van der Waals surface area contributed by atoms with Crippen LogP contribution in [-0.4, -0.2) is 16.8 Å². The van der Waals surface area contributed by atoms with E-state index in [9.17, 15) is 4.79 Å². The molecular weight excluding hydrogens is 308 g/mol. The Balaban J connectivity index is 2.06. The highest BCUT2D eigenvalue weighted by atomic mass is 35.5. The van der Waals surface area contributed by atoms with Gasteiger partial charge in [0.2, 0.25) is 5.91 Å². The molecule has 4 heteroatoms. The van der Waals surface area contributed by atoms with E-state index in [0.29, 0.717) is 18.0 Å². The minimum absolute atomic E-state index is 0.0522. The van der Waals surface area contributed by atoms with E-state index in [-0.39, 0.29) is 18.0 Å². The standard InChI is InChI=1S/C19H23ClN2O/c1-14(2)22(13-15-7-6-10-17(20)11-15)19(23)12-18(21)16-8-4-3-5-9-16/h3-11,14,18H,12-13,21H2,1-2H3. The van der Waals surface area contributed by atoms with Crippen molar-refractivity contribution in [2.45, 2.75) is 38.9 Å². The number of amides is 1. The molecule has 1 unspecified atom stereocenters. The molecule has 2 N–H and O–H groups in total. The van der Waals surface area contributed by atoms with Gasteiger partial charge in [0.1, 0.15) is 0 Å². The average Bonchev–Trinajstić information content (AvgIpc) is 2.53. The third kappa shape index (κ3) is 5.08. The molecule has 1 amide bonds. The van der Waals surface area contributed by atoms with Gasteiger partial charge in [-0.1, -0.05) is 54.1 Å². The van der Waals surface area contributed by atoms with Crippen molar-refractivity contribution in [2.24, 2.45) is 5.73 Å². The summed E-state index contributed by atoms with van der Waals surface area (Å²) in [4.78, 5) is 14.5. The second-order valence-corrected chi connectivity index (χ2v) is 6.40. The van der Waals surface area contributed by atoms with Crippen LogP contribution in [0, 0.1) is 0 Å². The Kier molecular flexibility index (Phi) is 6.20. The lowest BCUT2D eigenvalue weighted by Gasteiger charge is -2.28. The zero-order valence-electron chi connectivity index (χ0n) is 13.6. The van der Waals surface area contributed by atoms with Crippen LogP contribution in [0.3, 0.4) is 0 Å². The zero-order chi connectivity index (χ0) is 16.8. The number of nitrogens with zero attached hydrogens (tertiary/aromatic N) is 1. The van der Waals surface area contributed by atoms with E-state index < -0.39 is 0 Å². The van der Waals surface area contributed by atoms with Crippen LogP contribution in [0.25, 0.3) is 0 Å². The fourth-order valence-corrected chi connectivity index (χ4v) is 2.73. The summed E-state index contributed by atoms with van der Waals surface area (Å²) in [7, 11) is 0. The third-order valence-electron chi connectivity index (χ3n) is 3.81. The van der Waals surface area contributed by atoms with Crippen LogP contribution in [0.2, 0.25) is 5.02 Å². The molecule has 1 atom stereocenters. The summed E-state index contributed by atoms with van der Waals surface area (Å²) < 4.78 is 0. The highest BCUT2D eigenvalue weighted by Gasteiger charge is 2.20. The van der Waals surface area contributed by atoms with Gasteiger partial charge in [0.15, 0.2) is 0 Å². The molecule has 122 valence electrons. The molecule has 0 bridgehead atoms. The normalized spacial score (nSPS) is 12.2. The predicted molar refractivity (Wildman–Crippen MR) is 95.1 cm³/mol. The van der Waals surface area contributed by atoms with Crippen molar-refractivity contribution in [3.8, 4) is 0 Å². The number of halogens is 1. The molecule has 0 aliphatic rings. The molecule has 2 aromatic rings. The second-order valence-electron chi connectivity index (χ2n) is 5.97. The monoisotopic (exact) mass is 330 g/mol. The molecular formula is C19H23ClN2O. The van der Waals surface area contributed by atoms with E-state index in [4.69, 9.17) is 17.3 Å². The van der Waals surface area contributed by atoms with Gasteiger partial charge < -0.3 is 10.6 Å². The van der Waals surface area contributed by atoms with Gasteiger partial charge in [0.25, 0.3) is 0 Å². The number of hydrogen-bond donors (Lipinski definition) is 1. The van der Waals surface area contributed by atoms with E-state index in [1.165, 1.54) is 0 Å². The second kappa shape index (κ2) is 8.14. The van der Waals surface area contributed by atoms with Gasteiger partial charge in [-0.05, 0) is 37.1 Å². The van der Waals surface area contributed by atoms with Crippen LogP contribution < -0.4 is 5.73 Å². The van der Waals surface area contributed by atoms with Gasteiger partial charge in [-0.25, -0.2) is 0 Å². The number of rotatable bonds is 6. The van der Waals surface area contributed by atoms with Crippen molar-refractivity contribution < 1.29 is 4.79 Å². The smallest absolute Gasteiger partial charge is 0.225 e. The largest absolute Gasteiger partial charge is 0.336 e. The maximum absolute atomic E-state index is 12.7. The van der Waals surface area contributed by atoms with Gasteiger partial charge >= 0.3 is 0 Å². The SMILES string of the molecule is CC(C)N(Cc1cccc(Cl)c1)C(=O)CC(N)c1ccccc1. The first kappa shape index (κ1) is 17.5. The maximum Gasteiger partial charge on any atom is 0.225 e. The lowest BCUT2D eigenvalue weighted by Crippen LogP contribution is -2.38. The summed E-state index contributed by atoms with van der Waals surface area (Å²) in [6.07, 6.45) is 0.294. The first-order valence-electron chi connectivity index (χ1n) is 7.82. The van der Waals surface area contributed by atoms with Crippen molar-refractivity contribution in [2.75, 3.05) is 0 Å². The zero-order valence-corrected chi connectivity index (χ0v) is 14.3. The van der Waals surface area contributed by atoms with Crippen LogP contribution in [0.1, 0.15) is 37.4 Å². The summed E-state index contributed by atoms with van der Waals surface area (Å²) in [5.41, 5.74) is 8.18. The molecule has 0 aliphatic carbocycles. The number of carbonyl (C=O) groups excluding carboxylic acids is 1. The highest BCUT2D eigenvalue weighted by Crippen LogP contribution is 2.19. The van der Waals surface area contributed by atoms with Gasteiger partial charge in [-0.3, -0.25) is 4.79 Å². The lowest BCUT2D eigenvalue weighted by atomic mass is 10.0. The molecule has 0 saturated heterocycles. The summed E-state index contributed by atoms with van der Waals surface area (Å²) in [6.45, 7) is 4.56. The molecule has 3 nitrogen and oxygen atoms in total. The van der Waals surface area contributed by atoms with Crippen molar-refractivity contribution in [1.82, 2.24) is 4.90 Å². The quantitative estimate of drug-likeness (QED) is 0.864. The van der Waals surface area contributed by atoms with Crippen LogP contribution in [0.15, 0.2) is 54.6 Å². The lowest BCUT2D eigenvalue weighted by molar-refractivity contribution is -0.134. The fraction of sp³-hybridized carbons (Fsp3) is 0.316. The van der Waals surface area contributed by atoms with Crippen molar-refractivity contribution in [3.05, 3.63) is 70.7 Å². The Morgan fingerprint density at radius 2 is 1.83 bits per heavy atom. The highest BCUT2D eigenvalue weighted by molar-refractivity contribution is 6.30.